The van der Waals surface area contributed by atoms with Crippen molar-refractivity contribution in [1.29, 1.82) is 0 Å². The van der Waals surface area contributed by atoms with Gasteiger partial charge in [-0.05, 0) is 30.9 Å². The van der Waals surface area contributed by atoms with Crippen molar-refractivity contribution < 1.29 is 4.74 Å². The van der Waals surface area contributed by atoms with Gasteiger partial charge in [0.25, 0.3) is 0 Å². The van der Waals surface area contributed by atoms with Crippen LogP contribution in [0.4, 0.5) is 0 Å². The van der Waals surface area contributed by atoms with Gasteiger partial charge in [0, 0.05) is 18.0 Å². The van der Waals surface area contributed by atoms with Gasteiger partial charge in [-0.3, -0.25) is 0 Å². The summed E-state index contributed by atoms with van der Waals surface area (Å²) in [5, 5.41) is 4.78. The van der Waals surface area contributed by atoms with Crippen LogP contribution in [0.1, 0.15) is 38.3 Å². The van der Waals surface area contributed by atoms with Crippen molar-refractivity contribution >= 4 is 10.9 Å². The summed E-state index contributed by atoms with van der Waals surface area (Å²) in [6, 6.07) is 10.9. The van der Waals surface area contributed by atoms with Crippen molar-refractivity contribution in [2.24, 2.45) is 5.92 Å². The number of pyridine rings is 1. The second kappa shape index (κ2) is 6.44. The van der Waals surface area contributed by atoms with E-state index in [0.717, 1.165) is 34.8 Å². The van der Waals surface area contributed by atoms with Crippen molar-refractivity contribution in [3.63, 3.8) is 0 Å². The molecule has 1 atom stereocenters. The smallest absolute Gasteiger partial charge is 0.145 e. The number of aromatic nitrogens is 1. The molecule has 1 aromatic heterocycles. The summed E-state index contributed by atoms with van der Waals surface area (Å²) in [5.74, 6) is 1.81. The van der Waals surface area contributed by atoms with Crippen LogP contribution in [0.15, 0.2) is 30.3 Å². The van der Waals surface area contributed by atoms with E-state index in [1.54, 1.807) is 7.11 Å². The number of rotatable bonds is 7. The van der Waals surface area contributed by atoms with E-state index in [0.29, 0.717) is 6.04 Å². The van der Waals surface area contributed by atoms with Crippen LogP contribution in [0.3, 0.4) is 0 Å². The van der Waals surface area contributed by atoms with E-state index in [9.17, 15) is 0 Å². The Morgan fingerprint density at radius 1 is 1.29 bits per heavy atom. The molecule has 1 heterocycles. The Labute approximate surface area is 126 Å². The summed E-state index contributed by atoms with van der Waals surface area (Å²) in [6.45, 7) is 3.09. The quantitative estimate of drug-likeness (QED) is 0.837. The lowest BCUT2D eigenvalue weighted by atomic mass is 10.1. The first-order valence-corrected chi connectivity index (χ1v) is 7.96. The fourth-order valence-electron chi connectivity index (χ4n) is 2.82. The number of ether oxygens (including phenoxy) is 1. The highest BCUT2D eigenvalue weighted by molar-refractivity contribution is 5.84. The number of para-hydroxylation sites is 1. The van der Waals surface area contributed by atoms with Crippen molar-refractivity contribution in [3.8, 4) is 5.75 Å². The van der Waals surface area contributed by atoms with Crippen molar-refractivity contribution in [2.75, 3.05) is 7.11 Å². The summed E-state index contributed by atoms with van der Waals surface area (Å²) in [4.78, 5) is 4.76. The maximum absolute atomic E-state index is 5.41. The molecule has 3 rings (SSSR count). The first-order chi connectivity index (χ1) is 10.3. The van der Waals surface area contributed by atoms with Crippen LogP contribution in [0.2, 0.25) is 0 Å². The van der Waals surface area contributed by atoms with Gasteiger partial charge in [-0.1, -0.05) is 38.0 Å². The van der Waals surface area contributed by atoms with Crippen LogP contribution in [-0.4, -0.2) is 18.1 Å². The van der Waals surface area contributed by atoms with Crippen LogP contribution in [-0.2, 0) is 6.54 Å². The first kappa shape index (κ1) is 14.3. The molecule has 3 heteroatoms. The Morgan fingerprint density at radius 3 is 2.86 bits per heavy atom. The molecule has 0 radical (unpaired) electrons. The SMILES string of the molecule is CCC(CC1CC1)NCc1ccc2cccc(OC)c2n1. The van der Waals surface area contributed by atoms with E-state index in [2.05, 4.69) is 30.4 Å². The topological polar surface area (TPSA) is 34.1 Å². The summed E-state index contributed by atoms with van der Waals surface area (Å²) >= 11 is 0. The number of hydrogen-bond donors (Lipinski definition) is 1. The Balaban J connectivity index is 1.71. The molecule has 1 aromatic carbocycles. The molecule has 1 N–H and O–H groups in total. The predicted molar refractivity (Wildman–Crippen MR) is 86.6 cm³/mol. The van der Waals surface area contributed by atoms with Gasteiger partial charge in [-0.2, -0.15) is 0 Å². The molecule has 1 saturated carbocycles. The summed E-state index contributed by atoms with van der Waals surface area (Å²) in [6.07, 6.45) is 5.34. The zero-order valence-corrected chi connectivity index (χ0v) is 12.9. The van der Waals surface area contributed by atoms with Gasteiger partial charge in [0.05, 0.1) is 12.8 Å². The molecule has 1 aliphatic carbocycles. The standard InChI is InChI=1S/C18H24N2O/c1-3-15(11-13-7-8-13)19-12-16-10-9-14-5-4-6-17(21-2)18(14)20-16/h4-6,9-10,13,15,19H,3,7-8,11-12H2,1-2H3. The van der Waals surface area contributed by atoms with Crippen molar-refractivity contribution in [3.05, 3.63) is 36.0 Å². The van der Waals surface area contributed by atoms with Crippen molar-refractivity contribution in [1.82, 2.24) is 10.3 Å². The monoisotopic (exact) mass is 284 g/mol. The third-order valence-corrected chi connectivity index (χ3v) is 4.34. The van der Waals surface area contributed by atoms with Crippen LogP contribution in [0.25, 0.3) is 10.9 Å². The molecule has 0 spiro atoms. The van der Waals surface area contributed by atoms with E-state index in [1.165, 1.54) is 25.7 Å². The number of nitrogens with one attached hydrogen (secondary N) is 1. The molecule has 3 nitrogen and oxygen atoms in total. The van der Waals surface area contributed by atoms with E-state index in [1.807, 2.05) is 12.1 Å². The van der Waals surface area contributed by atoms with E-state index in [4.69, 9.17) is 9.72 Å². The van der Waals surface area contributed by atoms with Gasteiger partial charge in [-0.15, -0.1) is 0 Å². The van der Waals surface area contributed by atoms with Gasteiger partial charge in [0.2, 0.25) is 0 Å². The fraction of sp³-hybridized carbons (Fsp3) is 0.500. The van der Waals surface area contributed by atoms with Gasteiger partial charge in [0.15, 0.2) is 0 Å². The van der Waals surface area contributed by atoms with E-state index < -0.39 is 0 Å². The molecule has 0 aliphatic heterocycles. The summed E-state index contributed by atoms with van der Waals surface area (Å²) in [5.41, 5.74) is 2.04. The predicted octanol–water partition coefficient (Wildman–Crippen LogP) is 3.91. The molecule has 112 valence electrons. The lowest BCUT2D eigenvalue weighted by Gasteiger charge is -2.16. The average Bonchev–Trinajstić information content (AvgIpc) is 3.34. The van der Waals surface area contributed by atoms with Crippen molar-refractivity contribution in [2.45, 2.75) is 45.2 Å². The lowest BCUT2D eigenvalue weighted by Crippen LogP contribution is -2.28. The lowest BCUT2D eigenvalue weighted by molar-refractivity contribution is 0.418. The van der Waals surface area contributed by atoms with Crippen LogP contribution in [0.5, 0.6) is 5.75 Å². The molecule has 1 unspecified atom stereocenters. The highest BCUT2D eigenvalue weighted by atomic mass is 16.5. The molecular weight excluding hydrogens is 260 g/mol. The molecule has 21 heavy (non-hydrogen) atoms. The highest BCUT2D eigenvalue weighted by Gasteiger charge is 2.24. The Morgan fingerprint density at radius 2 is 2.14 bits per heavy atom. The molecule has 0 bridgehead atoms. The minimum absolute atomic E-state index is 0.618. The minimum atomic E-state index is 0.618. The molecular formula is C18H24N2O. The van der Waals surface area contributed by atoms with Crippen LogP contribution in [0, 0.1) is 5.92 Å². The average molecular weight is 284 g/mol. The zero-order chi connectivity index (χ0) is 14.7. The second-order valence-corrected chi connectivity index (χ2v) is 6.00. The Bertz CT molecular complexity index is 607. The third kappa shape index (κ3) is 3.53. The van der Waals surface area contributed by atoms with E-state index in [-0.39, 0.29) is 0 Å². The van der Waals surface area contributed by atoms with E-state index >= 15 is 0 Å². The summed E-state index contributed by atoms with van der Waals surface area (Å²) < 4.78 is 5.41. The van der Waals surface area contributed by atoms with Crippen LogP contribution < -0.4 is 10.1 Å². The minimum Gasteiger partial charge on any atom is -0.494 e. The zero-order valence-electron chi connectivity index (χ0n) is 12.9. The number of fused-ring (bicyclic) bond motifs is 1. The number of hydrogen-bond acceptors (Lipinski definition) is 3. The molecule has 1 fully saturated rings. The van der Waals surface area contributed by atoms with Gasteiger partial charge >= 0.3 is 0 Å². The Kier molecular flexibility index (Phi) is 4.39. The second-order valence-electron chi connectivity index (χ2n) is 6.00. The van der Waals surface area contributed by atoms with Crippen LogP contribution >= 0.6 is 0 Å². The molecule has 1 aliphatic rings. The normalized spacial score (nSPS) is 16.1. The van der Waals surface area contributed by atoms with Gasteiger partial charge < -0.3 is 10.1 Å². The molecule has 0 saturated heterocycles. The number of nitrogens with zero attached hydrogens (tertiary/aromatic N) is 1. The molecule has 2 aromatic rings. The molecule has 0 amide bonds. The third-order valence-electron chi connectivity index (χ3n) is 4.34. The Hall–Kier alpha value is -1.61. The first-order valence-electron chi connectivity index (χ1n) is 7.96. The number of methoxy groups -OCH3 is 1. The maximum atomic E-state index is 5.41. The fourth-order valence-corrected chi connectivity index (χ4v) is 2.82. The summed E-state index contributed by atoms with van der Waals surface area (Å²) in [7, 11) is 1.70. The largest absolute Gasteiger partial charge is 0.494 e. The number of benzene rings is 1. The van der Waals surface area contributed by atoms with Gasteiger partial charge in [0.1, 0.15) is 11.3 Å². The maximum Gasteiger partial charge on any atom is 0.145 e. The van der Waals surface area contributed by atoms with Gasteiger partial charge in [-0.25, -0.2) is 4.98 Å². The highest BCUT2D eigenvalue weighted by Crippen LogP contribution is 2.34.